The molecule has 1 aromatic carbocycles. The summed E-state index contributed by atoms with van der Waals surface area (Å²) in [5, 5.41) is 2.44. The zero-order valence-corrected chi connectivity index (χ0v) is 19.7. The second-order valence-electron chi connectivity index (χ2n) is 8.86. The monoisotopic (exact) mass is 517 g/mol. The number of nitrogens with zero attached hydrogens (tertiary/aromatic N) is 1. The molecule has 0 radical (unpaired) electrons. The average Bonchev–Trinajstić information content (AvgIpc) is 2.70. The van der Waals surface area contributed by atoms with Crippen molar-refractivity contribution in [2.75, 3.05) is 38.5 Å². The molecule has 1 aromatic rings. The molecule has 2 N–H and O–H groups in total. The van der Waals surface area contributed by atoms with Crippen LogP contribution in [0.3, 0.4) is 0 Å². The summed E-state index contributed by atoms with van der Waals surface area (Å²) in [6.07, 6.45) is -8.75. The normalized spacial score (nSPS) is 16.7. The lowest BCUT2D eigenvalue weighted by Crippen LogP contribution is -2.42. The molecular formula is C21H29F6N3O3S. The van der Waals surface area contributed by atoms with Gasteiger partial charge in [0, 0.05) is 25.2 Å². The molecule has 0 bridgehead atoms. The lowest BCUT2D eigenvalue weighted by Gasteiger charge is -2.32. The molecule has 0 aliphatic carbocycles. The zero-order valence-electron chi connectivity index (χ0n) is 18.9. The van der Waals surface area contributed by atoms with E-state index in [1.807, 2.05) is 13.8 Å². The first-order valence-corrected chi connectivity index (χ1v) is 12.5. The van der Waals surface area contributed by atoms with Crippen LogP contribution in [0.1, 0.15) is 48.2 Å². The predicted molar refractivity (Wildman–Crippen MR) is 115 cm³/mol. The van der Waals surface area contributed by atoms with Gasteiger partial charge in [0.05, 0.1) is 16.9 Å². The molecule has 0 saturated carbocycles. The van der Waals surface area contributed by atoms with Gasteiger partial charge in [-0.2, -0.15) is 26.3 Å². The van der Waals surface area contributed by atoms with Crippen molar-refractivity contribution in [2.45, 2.75) is 39.0 Å². The fourth-order valence-electron chi connectivity index (χ4n) is 3.70. The van der Waals surface area contributed by atoms with Crippen LogP contribution < -0.4 is 10.0 Å². The van der Waals surface area contributed by atoms with E-state index in [4.69, 9.17) is 0 Å². The van der Waals surface area contributed by atoms with Crippen molar-refractivity contribution in [2.24, 2.45) is 11.8 Å². The smallest absolute Gasteiger partial charge is 0.352 e. The largest absolute Gasteiger partial charge is 0.416 e. The number of piperidine rings is 1. The van der Waals surface area contributed by atoms with E-state index in [0.717, 1.165) is 0 Å². The Bertz CT molecular complexity index is 908. The van der Waals surface area contributed by atoms with Gasteiger partial charge >= 0.3 is 12.4 Å². The number of sulfonamides is 1. The van der Waals surface area contributed by atoms with E-state index < -0.39 is 45.0 Å². The standard InChI is InChI=1S/C21H29F6N3O3S/c1-14(2)13-34(32,33)29-5-8-30-6-3-15(4-7-30)12-28-19(31)16-9-17(20(22,23)24)11-18(10-16)21(25,26)27/h9-11,14-15,29H,3-8,12-13H2,1-2H3,(H,28,31). The van der Waals surface area contributed by atoms with Crippen LogP contribution in [0.2, 0.25) is 0 Å². The highest BCUT2D eigenvalue weighted by Gasteiger charge is 2.37. The van der Waals surface area contributed by atoms with Crippen molar-refractivity contribution in [3.8, 4) is 0 Å². The number of hydrogen-bond donors (Lipinski definition) is 2. The van der Waals surface area contributed by atoms with Gasteiger partial charge in [0.15, 0.2) is 0 Å². The maximum atomic E-state index is 13.0. The first-order chi connectivity index (χ1) is 15.6. The van der Waals surface area contributed by atoms with Gasteiger partial charge in [0.1, 0.15) is 0 Å². The summed E-state index contributed by atoms with van der Waals surface area (Å²) in [5.74, 6) is -0.936. The molecule has 1 heterocycles. The molecule has 2 rings (SSSR count). The number of carbonyl (C=O) groups excluding carboxylic acids is 1. The molecule has 1 fully saturated rings. The Morgan fingerprint density at radius 2 is 1.56 bits per heavy atom. The average molecular weight is 518 g/mol. The third kappa shape index (κ3) is 9.06. The molecular weight excluding hydrogens is 488 g/mol. The Morgan fingerprint density at radius 1 is 1.03 bits per heavy atom. The quantitative estimate of drug-likeness (QED) is 0.490. The van der Waals surface area contributed by atoms with Crippen molar-refractivity contribution in [1.29, 1.82) is 0 Å². The van der Waals surface area contributed by atoms with Gasteiger partial charge in [0.2, 0.25) is 10.0 Å². The second-order valence-corrected chi connectivity index (χ2v) is 10.7. The van der Waals surface area contributed by atoms with Crippen LogP contribution in [-0.2, 0) is 22.4 Å². The summed E-state index contributed by atoms with van der Waals surface area (Å²) in [4.78, 5) is 14.4. The van der Waals surface area contributed by atoms with Gasteiger partial charge in [-0.15, -0.1) is 0 Å². The molecule has 6 nitrogen and oxygen atoms in total. The van der Waals surface area contributed by atoms with E-state index in [2.05, 4.69) is 14.9 Å². The number of halogens is 6. The highest BCUT2D eigenvalue weighted by atomic mass is 32.2. The minimum atomic E-state index is -5.02. The van der Waals surface area contributed by atoms with Gasteiger partial charge in [-0.25, -0.2) is 13.1 Å². The van der Waals surface area contributed by atoms with Gasteiger partial charge in [-0.05, 0) is 56.0 Å². The van der Waals surface area contributed by atoms with Gasteiger partial charge in [0.25, 0.3) is 5.91 Å². The maximum Gasteiger partial charge on any atom is 0.416 e. The molecule has 0 atom stereocenters. The number of hydrogen-bond acceptors (Lipinski definition) is 4. The molecule has 34 heavy (non-hydrogen) atoms. The molecule has 0 spiro atoms. The van der Waals surface area contributed by atoms with Crippen molar-refractivity contribution in [3.63, 3.8) is 0 Å². The van der Waals surface area contributed by atoms with E-state index in [9.17, 15) is 39.6 Å². The van der Waals surface area contributed by atoms with Crippen LogP contribution in [0.5, 0.6) is 0 Å². The third-order valence-electron chi connectivity index (χ3n) is 5.41. The van der Waals surface area contributed by atoms with E-state index in [0.29, 0.717) is 44.6 Å². The maximum absolute atomic E-state index is 13.0. The van der Waals surface area contributed by atoms with E-state index in [-0.39, 0.29) is 36.7 Å². The minimum absolute atomic E-state index is 0.00529. The SMILES string of the molecule is CC(C)CS(=O)(=O)NCCN1CCC(CNC(=O)c2cc(C(F)(F)F)cc(C(F)(F)F)c2)CC1. The van der Waals surface area contributed by atoms with E-state index in [1.165, 1.54) is 0 Å². The summed E-state index contributed by atoms with van der Waals surface area (Å²) < 4.78 is 104. The van der Waals surface area contributed by atoms with Crippen LogP contribution in [-0.4, -0.2) is 57.7 Å². The topological polar surface area (TPSA) is 78.5 Å². The Labute approximate surface area is 195 Å². The van der Waals surface area contributed by atoms with Gasteiger partial charge < -0.3 is 10.2 Å². The number of amides is 1. The predicted octanol–water partition coefficient (Wildman–Crippen LogP) is 3.74. The Balaban J connectivity index is 1.86. The molecule has 1 aliphatic heterocycles. The van der Waals surface area contributed by atoms with Crippen LogP contribution in [0, 0.1) is 11.8 Å². The van der Waals surface area contributed by atoms with E-state index in [1.54, 1.807) is 0 Å². The number of carbonyl (C=O) groups is 1. The van der Waals surface area contributed by atoms with E-state index >= 15 is 0 Å². The fraction of sp³-hybridized carbons (Fsp3) is 0.667. The lowest BCUT2D eigenvalue weighted by atomic mass is 9.96. The van der Waals surface area contributed by atoms with Crippen molar-refractivity contribution < 1.29 is 39.6 Å². The molecule has 1 aliphatic rings. The summed E-state index contributed by atoms with van der Waals surface area (Å²) in [5.41, 5.74) is -3.78. The molecule has 194 valence electrons. The third-order valence-corrected chi connectivity index (χ3v) is 7.16. The molecule has 1 amide bonds. The van der Waals surface area contributed by atoms with Crippen LogP contribution in [0.15, 0.2) is 18.2 Å². The van der Waals surface area contributed by atoms with Gasteiger partial charge in [-0.1, -0.05) is 13.8 Å². The minimum Gasteiger partial charge on any atom is -0.352 e. The summed E-state index contributed by atoms with van der Waals surface area (Å²) >= 11 is 0. The summed E-state index contributed by atoms with van der Waals surface area (Å²) in [7, 11) is -3.33. The van der Waals surface area contributed by atoms with Crippen LogP contribution in [0.25, 0.3) is 0 Å². The number of likely N-dealkylation sites (tertiary alicyclic amines) is 1. The van der Waals surface area contributed by atoms with Crippen molar-refractivity contribution >= 4 is 15.9 Å². The molecule has 13 heteroatoms. The zero-order chi connectivity index (χ0) is 25.7. The van der Waals surface area contributed by atoms with Gasteiger partial charge in [-0.3, -0.25) is 4.79 Å². The highest BCUT2D eigenvalue weighted by molar-refractivity contribution is 7.89. The van der Waals surface area contributed by atoms with Crippen LogP contribution in [0.4, 0.5) is 26.3 Å². The number of benzene rings is 1. The highest BCUT2D eigenvalue weighted by Crippen LogP contribution is 2.36. The first kappa shape index (κ1) is 28.4. The Kier molecular flexibility index (Phi) is 9.39. The van der Waals surface area contributed by atoms with Crippen molar-refractivity contribution in [1.82, 2.24) is 14.9 Å². The summed E-state index contributed by atoms with van der Waals surface area (Å²) in [6.45, 7) is 5.79. The first-order valence-electron chi connectivity index (χ1n) is 10.8. The second kappa shape index (κ2) is 11.3. The Morgan fingerprint density at radius 3 is 2.03 bits per heavy atom. The Hall–Kier alpha value is -1.86. The van der Waals surface area contributed by atoms with Crippen LogP contribution >= 0.6 is 0 Å². The van der Waals surface area contributed by atoms with Crippen molar-refractivity contribution in [3.05, 3.63) is 34.9 Å². The molecule has 0 unspecified atom stereocenters. The number of rotatable bonds is 9. The lowest BCUT2D eigenvalue weighted by molar-refractivity contribution is -0.143. The molecule has 0 aromatic heterocycles. The molecule has 1 saturated heterocycles. The number of nitrogens with one attached hydrogen (secondary N) is 2. The fourth-order valence-corrected chi connectivity index (χ4v) is 5.09. The number of alkyl halides is 6. The summed E-state index contributed by atoms with van der Waals surface area (Å²) in [6, 6.07) is 0.802.